The van der Waals surface area contributed by atoms with Crippen LogP contribution in [0.3, 0.4) is 0 Å². The number of thiophene rings is 1. The first-order chi connectivity index (χ1) is 9.72. The van der Waals surface area contributed by atoms with Gasteiger partial charge in [0.05, 0.1) is 5.69 Å². The second-order valence-electron chi connectivity index (χ2n) is 4.07. The van der Waals surface area contributed by atoms with Crippen molar-refractivity contribution in [2.75, 3.05) is 5.32 Å². The normalized spacial score (nSPS) is 10.7. The Labute approximate surface area is 133 Å². The molecule has 3 rings (SSSR count). The van der Waals surface area contributed by atoms with E-state index in [4.69, 9.17) is 11.6 Å². The summed E-state index contributed by atoms with van der Waals surface area (Å²) in [5, 5.41) is 7.45. The summed E-state index contributed by atoms with van der Waals surface area (Å²) in [5.74, 6) is 0. The molecule has 7 heteroatoms. The van der Waals surface area contributed by atoms with E-state index in [-0.39, 0.29) is 0 Å². The lowest BCUT2D eigenvalue weighted by molar-refractivity contribution is 0.879. The van der Waals surface area contributed by atoms with Gasteiger partial charge in [0.25, 0.3) is 0 Å². The molecule has 2 aromatic heterocycles. The highest BCUT2D eigenvalue weighted by Gasteiger charge is 2.04. The monoisotopic (exact) mass is 368 g/mol. The van der Waals surface area contributed by atoms with Gasteiger partial charge >= 0.3 is 0 Å². The Bertz CT molecular complexity index is 674. The lowest BCUT2D eigenvalue weighted by Gasteiger charge is -2.06. The fourth-order valence-corrected chi connectivity index (χ4v) is 3.47. The number of nitrogens with zero attached hydrogens (tertiary/aromatic N) is 3. The third-order valence-corrected chi connectivity index (χ3v) is 5.19. The van der Waals surface area contributed by atoms with Crippen molar-refractivity contribution in [3.63, 3.8) is 0 Å². The van der Waals surface area contributed by atoms with Crippen LogP contribution in [0.4, 0.5) is 5.69 Å². The first-order valence-corrected chi connectivity index (χ1v) is 7.84. The standard InChI is InChI=1S/C13H10BrClN4S/c14-12-5-11(20-13(12)15)6-17-9-1-3-10(4-2-9)19-8-16-7-18-19/h1-5,7-8,17H,6H2. The van der Waals surface area contributed by atoms with Crippen molar-refractivity contribution in [1.29, 1.82) is 0 Å². The summed E-state index contributed by atoms with van der Waals surface area (Å²) >= 11 is 11.0. The first-order valence-electron chi connectivity index (χ1n) is 5.85. The minimum absolute atomic E-state index is 0.749. The zero-order chi connectivity index (χ0) is 13.9. The Kier molecular flexibility index (Phi) is 4.05. The van der Waals surface area contributed by atoms with Crippen LogP contribution in [0.15, 0.2) is 47.5 Å². The molecule has 0 bridgehead atoms. The average Bonchev–Trinajstić information content (AvgIpc) is 3.08. The van der Waals surface area contributed by atoms with Crippen LogP contribution in [0.2, 0.25) is 4.34 Å². The molecule has 0 amide bonds. The quantitative estimate of drug-likeness (QED) is 0.743. The van der Waals surface area contributed by atoms with Gasteiger partial charge in [-0.25, -0.2) is 9.67 Å². The minimum atomic E-state index is 0.749. The Morgan fingerprint density at radius 2 is 2.10 bits per heavy atom. The van der Waals surface area contributed by atoms with Crippen molar-refractivity contribution in [2.24, 2.45) is 0 Å². The molecular weight excluding hydrogens is 360 g/mol. The van der Waals surface area contributed by atoms with Crippen molar-refractivity contribution in [3.8, 4) is 5.69 Å². The minimum Gasteiger partial charge on any atom is -0.380 e. The van der Waals surface area contributed by atoms with Crippen molar-refractivity contribution in [2.45, 2.75) is 6.54 Å². The summed E-state index contributed by atoms with van der Waals surface area (Å²) < 4.78 is 3.45. The molecule has 2 heterocycles. The lowest BCUT2D eigenvalue weighted by atomic mass is 10.3. The molecule has 0 fully saturated rings. The molecule has 3 aromatic rings. The maximum Gasteiger partial charge on any atom is 0.138 e. The van der Waals surface area contributed by atoms with E-state index in [2.05, 4.69) is 31.3 Å². The van der Waals surface area contributed by atoms with Crippen molar-refractivity contribution in [1.82, 2.24) is 14.8 Å². The zero-order valence-corrected chi connectivity index (χ0v) is 13.4. The number of halogens is 2. The van der Waals surface area contributed by atoms with E-state index in [1.54, 1.807) is 22.3 Å². The Morgan fingerprint density at radius 3 is 2.70 bits per heavy atom. The van der Waals surface area contributed by atoms with Crippen molar-refractivity contribution in [3.05, 3.63) is 56.7 Å². The largest absolute Gasteiger partial charge is 0.380 e. The van der Waals surface area contributed by atoms with Gasteiger partial charge in [-0.15, -0.1) is 11.3 Å². The number of hydrogen-bond acceptors (Lipinski definition) is 4. The number of aromatic nitrogens is 3. The lowest BCUT2D eigenvalue weighted by Crippen LogP contribution is -1.98. The second kappa shape index (κ2) is 5.95. The molecule has 0 atom stereocenters. The smallest absolute Gasteiger partial charge is 0.138 e. The topological polar surface area (TPSA) is 42.7 Å². The van der Waals surface area contributed by atoms with E-state index in [0.29, 0.717) is 0 Å². The molecule has 1 N–H and O–H groups in total. The molecule has 102 valence electrons. The van der Waals surface area contributed by atoms with Gasteiger partial charge in [-0.2, -0.15) is 5.10 Å². The highest BCUT2D eigenvalue weighted by Crippen LogP contribution is 2.32. The summed E-state index contributed by atoms with van der Waals surface area (Å²) in [5.41, 5.74) is 2.03. The molecule has 0 aliphatic heterocycles. The maximum absolute atomic E-state index is 6.02. The number of nitrogens with one attached hydrogen (secondary N) is 1. The molecule has 4 nitrogen and oxygen atoms in total. The maximum atomic E-state index is 6.02. The van der Waals surface area contributed by atoms with Crippen LogP contribution in [-0.2, 0) is 6.54 Å². The molecule has 0 unspecified atom stereocenters. The number of rotatable bonds is 4. The highest BCUT2D eigenvalue weighted by atomic mass is 79.9. The van der Waals surface area contributed by atoms with E-state index in [1.807, 2.05) is 30.3 Å². The third-order valence-electron chi connectivity index (χ3n) is 2.71. The van der Waals surface area contributed by atoms with E-state index in [0.717, 1.165) is 26.7 Å². The summed E-state index contributed by atoms with van der Waals surface area (Å²) in [4.78, 5) is 5.11. The number of hydrogen-bond donors (Lipinski definition) is 1. The van der Waals surface area contributed by atoms with Gasteiger partial charge in [-0.05, 0) is 46.3 Å². The fraction of sp³-hybridized carbons (Fsp3) is 0.0769. The van der Waals surface area contributed by atoms with Crippen LogP contribution in [0.1, 0.15) is 4.88 Å². The molecule has 0 saturated carbocycles. The van der Waals surface area contributed by atoms with Crippen LogP contribution in [0.25, 0.3) is 5.69 Å². The predicted molar refractivity (Wildman–Crippen MR) is 85.7 cm³/mol. The van der Waals surface area contributed by atoms with E-state index < -0.39 is 0 Å². The van der Waals surface area contributed by atoms with E-state index >= 15 is 0 Å². The predicted octanol–water partition coefficient (Wildman–Crippen LogP) is 4.36. The van der Waals surface area contributed by atoms with Gasteiger partial charge in [-0.3, -0.25) is 0 Å². The van der Waals surface area contributed by atoms with Crippen LogP contribution in [-0.4, -0.2) is 14.8 Å². The Balaban J connectivity index is 1.66. The highest BCUT2D eigenvalue weighted by molar-refractivity contribution is 9.10. The van der Waals surface area contributed by atoms with Crippen LogP contribution < -0.4 is 5.32 Å². The zero-order valence-electron chi connectivity index (χ0n) is 10.3. The second-order valence-corrected chi connectivity index (χ2v) is 6.67. The molecule has 0 aliphatic carbocycles. The molecular formula is C13H10BrClN4S. The summed E-state index contributed by atoms with van der Waals surface area (Å²) in [6.07, 6.45) is 3.19. The fourth-order valence-electron chi connectivity index (χ4n) is 1.74. The summed E-state index contributed by atoms with van der Waals surface area (Å²) in [6, 6.07) is 10.1. The average molecular weight is 370 g/mol. The van der Waals surface area contributed by atoms with Gasteiger partial charge in [0, 0.05) is 21.6 Å². The molecule has 0 radical (unpaired) electrons. The van der Waals surface area contributed by atoms with Gasteiger partial charge < -0.3 is 5.32 Å². The van der Waals surface area contributed by atoms with Crippen LogP contribution in [0, 0.1) is 0 Å². The van der Waals surface area contributed by atoms with Crippen LogP contribution >= 0.6 is 38.9 Å². The van der Waals surface area contributed by atoms with E-state index in [1.165, 1.54) is 11.2 Å². The van der Waals surface area contributed by atoms with E-state index in [9.17, 15) is 0 Å². The Morgan fingerprint density at radius 1 is 1.30 bits per heavy atom. The van der Waals surface area contributed by atoms with Gasteiger partial charge in [-0.1, -0.05) is 11.6 Å². The van der Waals surface area contributed by atoms with Crippen molar-refractivity contribution < 1.29 is 0 Å². The third kappa shape index (κ3) is 3.03. The summed E-state index contributed by atoms with van der Waals surface area (Å²) in [7, 11) is 0. The van der Waals surface area contributed by atoms with Gasteiger partial charge in [0.2, 0.25) is 0 Å². The first kappa shape index (κ1) is 13.6. The summed E-state index contributed by atoms with van der Waals surface area (Å²) in [6.45, 7) is 0.749. The van der Waals surface area contributed by atoms with Crippen LogP contribution in [0.5, 0.6) is 0 Å². The van der Waals surface area contributed by atoms with Crippen molar-refractivity contribution >= 4 is 44.6 Å². The number of benzene rings is 1. The molecule has 1 aromatic carbocycles. The number of anilines is 1. The SMILES string of the molecule is Clc1sc(CNc2ccc(-n3cncn3)cc2)cc1Br. The molecule has 20 heavy (non-hydrogen) atoms. The molecule has 0 aliphatic rings. The van der Waals surface area contributed by atoms with Gasteiger partial charge in [0.15, 0.2) is 0 Å². The Hall–Kier alpha value is -1.37. The molecule has 0 saturated heterocycles. The van der Waals surface area contributed by atoms with Gasteiger partial charge in [0.1, 0.15) is 17.0 Å². The molecule has 0 spiro atoms.